The number of anilines is 1. The molecule has 86 valence electrons. The standard InChI is InChI=1S/C13H12N2O2/c1-2-17-13(16)15-11(9-14)8-7-10-5-3-4-6-12(10)15/h3-8,11H,2H2,1H3/t11-/m1/s1. The van der Waals surface area contributed by atoms with Crippen LogP contribution < -0.4 is 4.90 Å². The summed E-state index contributed by atoms with van der Waals surface area (Å²) >= 11 is 0. The number of carbonyl (C=O) groups is 1. The lowest BCUT2D eigenvalue weighted by molar-refractivity contribution is 0.159. The summed E-state index contributed by atoms with van der Waals surface area (Å²) in [5.74, 6) is 0. The number of nitriles is 1. The molecule has 0 spiro atoms. The third-order valence-corrected chi connectivity index (χ3v) is 2.53. The summed E-state index contributed by atoms with van der Waals surface area (Å²) in [6.07, 6.45) is 3.05. The molecule has 0 aromatic heterocycles. The highest BCUT2D eigenvalue weighted by molar-refractivity contribution is 5.94. The topological polar surface area (TPSA) is 53.3 Å². The number of rotatable bonds is 1. The maximum absolute atomic E-state index is 11.8. The first-order valence-electron chi connectivity index (χ1n) is 5.40. The first-order valence-corrected chi connectivity index (χ1v) is 5.40. The van der Waals surface area contributed by atoms with Gasteiger partial charge in [0.1, 0.15) is 6.04 Å². The number of hydrogen-bond acceptors (Lipinski definition) is 3. The van der Waals surface area contributed by atoms with Crippen LogP contribution in [0, 0.1) is 11.3 Å². The van der Waals surface area contributed by atoms with Crippen LogP contribution in [0.25, 0.3) is 6.08 Å². The lowest BCUT2D eigenvalue weighted by Gasteiger charge is -2.28. The quantitative estimate of drug-likeness (QED) is 0.742. The van der Waals surface area contributed by atoms with Crippen LogP contribution in [-0.2, 0) is 4.74 Å². The van der Waals surface area contributed by atoms with Gasteiger partial charge >= 0.3 is 6.09 Å². The molecule has 4 nitrogen and oxygen atoms in total. The zero-order valence-electron chi connectivity index (χ0n) is 9.46. The Morgan fingerprint density at radius 3 is 3.00 bits per heavy atom. The van der Waals surface area contributed by atoms with Crippen molar-refractivity contribution in [2.45, 2.75) is 13.0 Å². The predicted octanol–water partition coefficient (Wildman–Crippen LogP) is 2.57. The van der Waals surface area contributed by atoms with Gasteiger partial charge in [0, 0.05) is 0 Å². The van der Waals surface area contributed by atoms with Crippen LogP contribution in [0.5, 0.6) is 0 Å². The Labute approximate surface area is 99.7 Å². The molecule has 1 aromatic rings. The van der Waals surface area contributed by atoms with Crippen LogP contribution in [-0.4, -0.2) is 18.7 Å². The smallest absolute Gasteiger partial charge is 0.415 e. The monoisotopic (exact) mass is 228 g/mol. The van der Waals surface area contributed by atoms with E-state index in [0.29, 0.717) is 12.3 Å². The van der Waals surface area contributed by atoms with E-state index < -0.39 is 12.1 Å². The molecule has 2 rings (SSSR count). The SMILES string of the molecule is CCOC(=O)N1c2ccccc2C=C[C@@H]1C#N. The summed E-state index contributed by atoms with van der Waals surface area (Å²) in [6, 6.07) is 8.89. The van der Waals surface area contributed by atoms with Crippen molar-refractivity contribution in [1.82, 2.24) is 0 Å². The fraction of sp³-hybridized carbons (Fsp3) is 0.231. The number of benzene rings is 1. The Morgan fingerprint density at radius 1 is 1.53 bits per heavy atom. The van der Waals surface area contributed by atoms with E-state index in [2.05, 4.69) is 6.07 Å². The van der Waals surface area contributed by atoms with E-state index in [1.807, 2.05) is 24.3 Å². The largest absolute Gasteiger partial charge is 0.449 e. The number of para-hydroxylation sites is 1. The molecular formula is C13H12N2O2. The highest BCUT2D eigenvalue weighted by Crippen LogP contribution is 2.29. The third kappa shape index (κ3) is 2.00. The molecule has 0 bridgehead atoms. The van der Waals surface area contributed by atoms with E-state index in [0.717, 1.165) is 5.56 Å². The molecule has 1 atom stereocenters. The summed E-state index contributed by atoms with van der Waals surface area (Å²) in [4.78, 5) is 13.2. The molecular weight excluding hydrogens is 216 g/mol. The van der Waals surface area contributed by atoms with Crippen LogP contribution in [0.4, 0.5) is 10.5 Å². The normalized spacial score (nSPS) is 17.2. The lowest BCUT2D eigenvalue weighted by Crippen LogP contribution is -2.40. The predicted molar refractivity (Wildman–Crippen MR) is 64.4 cm³/mol. The molecule has 0 unspecified atom stereocenters. The van der Waals surface area contributed by atoms with Crippen LogP contribution in [0.15, 0.2) is 30.3 Å². The summed E-state index contributed by atoms with van der Waals surface area (Å²) in [5, 5.41) is 9.05. The number of carbonyl (C=O) groups excluding carboxylic acids is 1. The van der Waals surface area contributed by atoms with Crippen molar-refractivity contribution in [2.24, 2.45) is 0 Å². The van der Waals surface area contributed by atoms with E-state index in [9.17, 15) is 4.79 Å². The second kappa shape index (κ2) is 4.71. The summed E-state index contributed by atoms with van der Waals surface area (Å²) < 4.78 is 4.97. The summed E-state index contributed by atoms with van der Waals surface area (Å²) in [6.45, 7) is 2.03. The molecule has 1 amide bonds. The van der Waals surface area contributed by atoms with Crippen LogP contribution >= 0.6 is 0 Å². The molecule has 0 radical (unpaired) electrons. The molecule has 17 heavy (non-hydrogen) atoms. The lowest BCUT2D eigenvalue weighted by atomic mass is 10.0. The van der Waals surface area contributed by atoms with Gasteiger partial charge in [-0.25, -0.2) is 4.79 Å². The van der Waals surface area contributed by atoms with Gasteiger partial charge in [0.25, 0.3) is 0 Å². The Balaban J connectivity index is 2.43. The summed E-state index contributed by atoms with van der Waals surface area (Å²) in [5.41, 5.74) is 1.62. The van der Waals surface area contributed by atoms with Gasteiger partial charge in [-0.2, -0.15) is 5.26 Å². The molecule has 1 aliphatic heterocycles. The number of amides is 1. The van der Waals surface area contributed by atoms with E-state index in [4.69, 9.17) is 10.00 Å². The van der Waals surface area contributed by atoms with E-state index in [1.165, 1.54) is 4.90 Å². The first kappa shape index (κ1) is 11.2. The van der Waals surface area contributed by atoms with E-state index in [1.54, 1.807) is 19.1 Å². The van der Waals surface area contributed by atoms with E-state index in [-0.39, 0.29) is 0 Å². The van der Waals surface area contributed by atoms with Gasteiger partial charge < -0.3 is 4.74 Å². The van der Waals surface area contributed by atoms with Crippen molar-refractivity contribution in [3.05, 3.63) is 35.9 Å². The van der Waals surface area contributed by atoms with Gasteiger partial charge in [-0.1, -0.05) is 24.3 Å². The maximum Gasteiger partial charge on any atom is 0.415 e. The van der Waals surface area contributed by atoms with Crippen LogP contribution in [0.1, 0.15) is 12.5 Å². The maximum atomic E-state index is 11.8. The second-order valence-corrected chi connectivity index (χ2v) is 3.56. The zero-order valence-corrected chi connectivity index (χ0v) is 9.46. The summed E-state index contributed by atoms with van der Waals surface area (Å²) in [7, 11) is 0. The second-order valence-electron chi connectivity index (χ2n) is 3.56. The zero-order chi connectivity index (χ0) is 12.3. The first-order chi connectivity index (χ1) is 8.27. The minimum atomic E-state index is -0.607. The van der Waals surface area contributed by atoms with Gasteiger partial charge in [0.15, 0.2) is 0 Å². The van der Waals surface area contributed by atoms with Crippen molar-refractivity contribution < 1.29 is 9.53 Å². The molecule has 4 heteroatoms. The highest BCUT2D eigenvalue weighted by atomic mass is 16.6. The molecule has 0 saturated heterocycles. The van der Waals surface area contributed by atoms with Gasteiger partial charge in [-0.3, -0.25) is 4.90 Å². The van der Waals surface area contributed by atoms with Crippen molar-refractivity contribution in [3.8, 4) is 6.07 Å². The molecule has 1 aromatic carbocycles. The van der Waals surface area contributed by atoms with Gasteiger partial charge in [0.2, 0.25) is 0 Å². The van der Waals surface area contributed by atoms with Gasteiger partial charge in [-0.15, -0.1) is 0 Å². The van der Waals surface area contributed by atoms with Crippen molar-refractivity contribution in [3.63, 3.8) is 0 Å². The minimum Gasteiger partial charge on any atom is -0.449 e. The number of fused-ring (bicyclic) bond motifs is 1. The van der Waals surface area contributed by atoms with Crippen molar-refractivity contribution in [1.29, 1.82) is 5.26 Å². The Bertz CT molecular complexity index is 502. The minimum absolute atomic E-state index is 0.291. The van der Waals surface area contributed by atoms with Crippen molar-refractivity contribution >= 4 is 17.9 Å². The Hall–Kier alpha value is -2.28. The van der Waals surface area contributed by atoms with Gasteiger partial charge in [0.05, 0.1) is 18.4 Å². The van der Waals surface area contributed by atoms with Crippen LogP contribution in [0.3, 0.4) is 0 Å². The fourth-order valence-electron chi connectivity index (χ4n) is 1.78. The average Bonchev–Trinajstić information content (AvgIpc) is 2.37. The van der Waals surface area contributed by atoms with Gasteiger partial charge in [-0.05, 0) is 24.6 Å². The molecule has 0 fully saturated rings. The van der Waals surface area contributed by atoms with Crippen LogP contribution in [0.2, 0.25) is 0 Å². The Morgan fingerprint density at radius 2 is 2.29 bits per heavy atom. The molecule has 0 aliphatic carbocycles. The molecule has 1 heterocycles. The average molecular weight is 228 g/mol. The third-order valence-electron chi connectivity index (χ3n) is 2.53. The van der Waals surface area contributed by atoms with E-state index >= 15 is 0 Å². The number of ether oxygens (including phenoxy) is 1. The number of hydrogen-bond donors (Lipinski definition) is 0. The highest BCUT2D eigenvalue weighted by Gasteiger charge is 2.28. The molecule has 1 aliphatic rings. The number of nitrogens with zero attached hydrogens (tertiary/aromatic N) is 2. The Kier molecular flexibility index (Phi) is 3.10. The molecule has 0 N–H and O–H groups in total. The fourth-order valence-corrected chi connectivity index (χ4v) is 1.78. The van der Waals surface area contributed by atoms with Crippen molar-refractivity contribution in [2.75, 3.05) is 11.5 Å². The molecule has 0 saturated carbocycles.